The molecule has 1 heterocycles. The number of benzene rings is 3. The first-order valence-corrected chi connectivity index (χ1v) is 12.9. The number of hydrogen-bond donors (Lipinski definition) is 2. The summed E-state index contributed by atoms with van der Waals surface area (Å²) in [6.07, 6.45) is 1.26. The van der Waals surface area contributed by atoms with E-state index in [1.807, 2.05) is 43.3 Å². The molecule has 5 rings (SSSR count). The Labute approximate surface area is 213 Å². The molecule has 0 fully saturated rings. The molecule has 5 heteroatoms. The molecule has 3 aromatic carbocycles. The van der Waals surface area contributed by atoms with Crippen LogP contribution in [0.4, 0.5) is 11.4 Å². The number of para-hydroxylation sites is 2. The molecule has 0 radical (unpaired) electrons. The van der Waals surface area contributed by atoms with Crippen LogP contribution in [-0.2, 0) is 4.79 Å². The van der Waals surface area contributed by atoms with Gasteiger partial charge in [-0.05, 0) is 72.7 Å². The Morgan fingerprint density at radius 1 is 0.833 bits per heavy atom. The summed E-state index contributed by atoms with van der Waals surface area (Å²) in [7, 11) is 0. The van der Waals surface area contributed by atoms with E-state index >= 15 is 0 Å². The number of hydrogen-bond acceptors (Lipinski definition) is 5. The Morgan fingerprint density at radius 2 is 1.47 bits per heavy atom. The lowest BCUT2D eigenvalue weighted by Gasteiger charge is -2.30. The number of ketones is 1. The monoisotopic (exact) mass is 482 g/mol. The van der Waals surface area contributed by atoms with Crippen LogP contribution in [0.1, 0.15) is 56.7 Å². The number of carbonyl (C=O) groups is 1. The smallest absolute Gasteiger partial charge is 0.163 e. The molecular weight excluding hydrogens is 448 g/mol. The lowest BCUT2D eigenvalue weighted by atomic mass is 9.78. The number of fused-ring (bicyclic) bond motifs is 1. The summed E-state index contributed by atoms with van der Waals surface area (Å²) >= 11 is 0. The molecule has 2 unspecified atom stereocenters. The molecule has 3 aromatic rings. The lowest BCUT2D eigenvalue weighted by molar-refractivity contribution is -0.116. The second-order valence-corrected chi connectivity index (χ2v) is 9.94. The van der Waals surface area contributed by atoms with Crippen LogP contribution in [0.25, 0.3) is 0 Å². The number of anilines is 2. The van der Waals surface area contributed by atoms with E-state index in [2.05, 4.69) is 60.9 Å². The highest BCUT2D eigenvalue weighted by atomic mass is 16.5. The number of nitrogens with one attached hydrogen (secondary N) is 2. The molecule has 1 aliphatic carbocycles. The van der Waals surface area contributed by atoms with Gasteiger partial charge in [-0.3, -0.25) is 4.79 Å². The highest BCUT2D eigenvalue weighted by molar-refractivity contribution is 6.01. The molecule has 2 aliphatic rings. The maximum absolute atomic E-state index is 13.7. The Morgan fingerprint density at radius 3 is 2.14 bits per heavy atom. The van der Waals surface area contributed by atoms with Gasteiger partial charge in [0.25, 0.3) is 0 Å². The van der Waals surface area contributed by atoms with E-state index < -0.39 is 0 Å². The van der Waals surface area contributed by atoms with Crippen LogP contribution in [0.2, 0.25) is 0 Å². The van der Waals surface area contributed by atoms with Crippen LogP contribution in [0.3, 0.4) is 0 Å². The van der Waals surface area contributed by atoms with Crippen molar-refractivity contribution < 1.29 is 14.3 Å². The van der Waals surface area contributed by atoms with Crippen molar-refractivity contribution >= 4 is 17.2 Å². The van der Waals surface area contributed by atoms with Gasteiger partial charge in [0.1, 0.15) is 11.5 Å². The van der Waals surface area contributed by atoms with E-state index in [0.29, 0.717) is 25.6 Å². The van der Waals surface area contributed by atoms with Crippen molar-refractivity contribution in [2.45, 2.75) is 45.6 Å². The third-order valence-corrected chi connectivity index (χ3v) is 6.77. The molecule has 0 spiro atoms. The van der Waals surface area contributed by atoms with Crippen molar-refractivity contribution in [3.63, 3.8) is 0 Å². The molecule has 1 aliphatic heterocycles. The summed E-state index contributed by atoms with van der Waals surface area (Å²) in [5.41, 5.74) is 6.00. The van der Waals surface area contributed by atoms with E-state index in [1.165, 1.54) is 0 Å². The van der Waals surface area contributed by atoms with Crippen LogP contribution in [0.15, 0.2) is 84.1 Å². The van der Waals surface area contributed by atoms with Gasteiger partial charge in [-0.2, -0.15) is 0 Å². The molecule has 2 N–H and O–H groups in total. The van der Waals surface area contributed by atoms with E-state index in [0.717, 1.165) is 51.7 Å². The third kappa shape index (κ3) is 5.11. The fourth-order valence-corrected chi connectivity index (χ4v) is 5.00. The topological polar surface area (TPSA) is 59.6 Å². The standard InChI is InChI=1S/C31H34N2O3/c1-4-35-24-15-11-22(12-16-24)31-30-28(32-26-7-5-6-8-27(26)33-31)17-23(18-29(30)34)21-9-13-25(14-10-21)36-19-20(2)3/h5-16,20,23,31-33H,4,17-19H2,1-3H3. The van der Waals surface area contributed by atoms with Crippen LogP contribution < -0.4 is 20.1 Å². The van der Waals surface area contributed by atoms with E-state index in [4.69, 9.17) is 9.47 Å². The van der Waals surface area contributed by atoms with Crippen molar-refractivity contribution in [2.24, 2.45) is 5.92 Å². The molecule has 36 heavy (non-hydrogen) atoms. The molecular formula is C31H34N2O3. The van der Waals surface area contributed by atoms with Crippen LogP contribution in [0, 0.1) is 5.92 Å². The van der Waals surface area contributed by atoms with Crippen molar-refractivity contribution in [1.82, 2.24) is 0 Å². The summed E-state index contributed by atoms with van der Waals surface area (Å²) in [6.45, 7) is 7.57. The summed E-state index contributed by atoms with van der Waals surface area (Å²) in [5, 5.41) is 7.26. The Hall–Kier alpha value is -3.73. The van der Waals surface area contributed by atoms with Crippen LogP contribution in [0.5, 0.6) is 11.5 Å². The van der Waals surface area contributed by atoms with Gasteiger partial charge in [0.2, 0.25) is 0 Å². The van der Waals surface area contributed by atoms with E-state index in [1.54, 1.807) is 0 Å². The van der Waals surface area contributed by atoms with Crippen LogP contribution in [-0.4, -0.2) is 19.0 Å². The van der Waals surface area contributed by atoms with Crippen molar-refractivity contribution in [3.8, 4) is 11.5 Å². The average Bonchev–Trinajstić information content (AvgIpc) is 3.05. The van der Waals surface area contributed by atoms with Gasteiger partial charge in [-0.25, -0.2) is 0 Å². The zero-order valence-corrected chi connectivity index (χ0v) is 21.2. The van der Waals surface area contributed by atoms with Gasteiger partial charge in [0, 0.05) is 17.7 Å². The first-order valence-electron chi connectivity index (χ1n) is 12.9. The quantitative estimate of drug-likeness (QED) is 0.376. The molecule has 186 valence electrons. The third-order valence-electron chi connectivity index (χ3n) is 6.77. The molecule has 0 amide bonds. The van der Waals surface area contributed by atoms with E-state index in [-0.39, 0.29) is 17.7 Å². The maximum atomic E-state index is 13.7. The van der Waals surface area contributed by atoms with Gasteiger partial charge in [0.05, 0.1) is 30.6 Å². The fourth-order valence-electron chi connectivity index (χ4n) is 5.00. The normalized spacial score (nSPS) is 19.1. The molecule has 0 saturated heterocycles. The molecule has 0 aromatic heterocycles. The number of ether oxygens (including phenoxy) is 2. The van der Waals surface area contributed by atoms with Gasteiger partial charge in [0.15, 0.2) is 5.78 Å². The number of carbonyl (C=O) groups excluding carboxylic acids is 1. The Kier molecular flexibility index (Phi) is 6.99. The fraction of sp³-hybridized carbons (Fsp3) is 0.323. The number of allylic oxidation sites excluding steroid dienone is 1. The summed E-state index contributed by atoms with van der Waals surface area (Å²) in [6, 6.07) is 24.2. The minimum atomic E-state index is -0.230. The predicted octanol–water partition coefficient (Wildman–Crippen LogP) is 7.10. The summed E-state index contributed by atoms with van der Waals surface area (Å²) in [5.74, 6) is 2.48. The average molecular weight is 483 g/mol. The lowest BCUT2D eigenvalue weighted by Crippen LogP contribution is -2.26. The molecule has 0 bridgehead atoms. The molecule has 0 saturated carbocycles. The first-order chi connectivity index (χ1) is 17.5. The number of Topliss-reactive ketones (excluding diaryl/α,β-unsaturated/α-hetero) is 1. The maximum Gasteiger partial charge on any atom is 0.163 e. The highest BCUT2D eigenvalue weighted by Crippen LogP contribution is 2.44. The van der Waals surface area contributed by atoms with E-state index in [9.17, 15) is 4.79 Å². The van der Waals surface area contributed by atoms with Crippen molar-refractivity contribution in [2.75, 3.05) is 23.8 Å². The second-order valence-electron chi connectivity index (χ2n) is 9.94. The van der Waals surface area contributed by atoms with Crippen molar-refractivity contribution in [3.05, 3.63) is 95.2 Å². The molecule has 5 nitrogen and oxygen atoms in total. The highest BCUT2D eigenvalue weighted by Gasteiger charge is 2.36. The zero-order valence-electron chi connectivity index (χ0n) is 21.2. The van der Waals surface area contributed by atoms with Gasteiger partial charge >= 0.3 is 0 Å². The molecule has 2 atom stereocenters. The zero-order chi connectivity index (χ0) is 25.1. The van der Waals surface area contributed by atoms with Crippen molar-refractivity contribution in [1.29, 1.82) is 0 Å². The largest absolute Gasteiger partial charge is 0.494 e. The van der Waals surface area contributed by atoms with Gasteiger partial charge in [-0.1, -0.05) is 50.2 Å². The minimum absolute atomic E-state index is 0.120. The summed E-state index contributed by atoms with van der Waals surface area (Å²) in [4.78, 5) is 13.7. The Bertz CT molecular complexity index is 1250. The minimum Gasteiger partial charge on any atom is -0.494 e. The Balaban J connectivity index is 1.46. The first kappa shape index (κ1) is 24.0. The van der Waals surface area contributed by atoms with Gasteiger partial charge in [-0.15, -0.1) is 0 Å². The van der Waals surface area contributed by atoms with Crippen LogP contribution >= 0.6 is 0 Å². The summed E-state index contributed by atoms with van der Waals surface area (Å²) < 4.78 is 11.5. The second kappa shape index (κ2) is 10.5. The number of rotatable bonds is 7. The SMILES string of the molecule is CCOc1ccc(C2Nc3ccccc3NC3=C2C(=O)CC(c2ccc(OCC(C)C)cc2)C3)cc1. The van der Waals surface area contributed by atoms with Gasteiger partial charge < -0.3 is 20.1 Å². The predicted molar refractivity (Wildman–Crippen MR) is 145 cm³/mol.